The highest BCUT2D eigenvalue weighted by Gasteiger charge is 1.92. The smallest absolute Gasteiger partial charge is 0.0700 e. The largest absolute Gasteiger partial charge is 0.379 e. The van der Waals surface area contributed by atoms with E-state index in [1.54, 1.807) is 0 Å². The van der Waals surface area contributed by atoms with Crippen LogP contribution >= 0.6 is 0 Å². The molecule has 0 aromatic carbocycles. The van der Waals surface area contributed by atoms with Crippen LogP contribution < -0.4 is 0 Å². The summed E-state index contributed by atoms with van der Waals surface area (Å²) in [5.41, 5.74) is 0. The molecule has 0 saturated carbocycles. The van der Waals surface area contributed by atoms with Gasteiger partial charge in [0.1, 0.15) is 0 Å². The molecule has 0 aliphatic carbocycles. The normalized spacial score (nSPS) is 11.0. The van der Waals surface area contributed by atoms with Crippen molar-refractivity contribution in [1.29, 1.82) is 0 Å². The zero-order valence-corrected chi connectivity index (χ0v) is 12.7. The highest BCUT2D eigenvalue weighted by atomic mass is 16.5. The van der Waals surface area contributed by atoms with E-state index in [0.717, 1.165) is 26.4 Å². The number of unbranched alkanes of at least 4 members (excludes halogenated alkanes) is 8. The van der Waals surface area contributed by atoms with E-state index < -0.39 is 0 Å². The fourth-order valence-electron chi connectivity index (χ4n) is 1.94. The quantitative estimate of drug-likeness (QED) is 0.386. The van der Waals surface area contributed by atoms with Gasteiger partial charge in [0, 0.05) is 13.2 Å². The van der Waals surface area contributed by atoms with Gasteiger partial charge in [-0.3, -0.25) is 0 Å². The summed E-state index contributed by atoms with van der Waals surface area (Å²) >= 11 is 0. The summed E-state index contributed by atoms with van der Waals surface area (Å²) in [5.74, 6) is 0. The lowest BCUT2D eigenvalue weighted by atomic mass is 10.2. The second kappa shape index (κ2) is 16.9. The zero-order chi connectivity index (χ0) is 13.3. The topological polar surface area (TPSA) is 18.5 Å². The fourth-order valence-corrected chi connectivity index (χ4v) is 1.94. The first-order chi connectivity index (χ1) is 8.91. The minimum absolute atomic E-state index is 0.767. The summed E-state index contributed by atoms with van der Waals surface area (Å²) in [4.78, 5) is 0. The minimum Gasteiger partial charge on any atom is -0.379 e. The summed E-state index contributed by atoms with van der Waals surface area (Å²) in [5, 5.41) is 0. The molecule has 2 nitrogen and oxygen atoms in total. The van der Waals surface area contributed by atoms with Crippen LogP contribution in [0.4, 0.5) is 0 Å². The molecule has 0 unspecified atom stereocenters. The molecule has 0 N–H and O–H groups in total. The second-order valence-electron chi connectivity index (χ2n) is 5.05. The third-order valence-corrected chi connectivity index (χ3v) is 3.16. The van der Waals surface area contributed by atoms with Crippen LogP contribution in [0.1, 0.15) is 78.1 Å². The average Bonchev–Trinajstić information content (AvgIpc) is 2.39. The molecule has 2 heteroatoms. The van der Waals surface area contributed by atoms with E-state index in [1.165, 1.54) is 64.2 Å². The van der Waals surface area contributed by atoms with Gasteiger partial charge >= 0.3 is 0 Å². The average molecular weight is 258 g/mol. The van der Waals surface area contributed by atoms with Gasteiger partial charge in [0.25, 0.3) is 0 Å². The van der Waals surface area contributed by atoms with Crippen LogP contribution in [0, 0.1) is 0 Å². The molecular formula is C16H34O2. The predicted molar refractivity (Wildman–Crippen MR) is 79.2 cm³/mol. The highest BCUT2D eigenvalue weighted by Crippen LogP contribution is 2.03. The first kappa shape index (κ1) is 17.9. The summed E-state index contributed by atoms with van der Waals surface area (Å²) in [6.07, 6.45) is 13.1. The molecular weight excluding hydrogens is 224 g/mol. The molecule has 0 rings (SSSR count). The van der Waals surface area contributed by atoms with Gasteiger partial charge in [-0.2, -0.15) is 0 Å². The molecule has 0 saturated heterocycles. The lowest BCUT2D eigenvalue weighted by Crippen LogP contribution is -2.06. The van der Waals surface area contributed by atoms with Gasteiger partial charge in [0.05, 0.1) is 13.2 Å². The Kier molecular flexibility index (Phi) is 16.8. The molecule has 18 heavy (non-hydrogen) atoms. The van der Waals surface area contributed by atoms with E-state index in [9.17, 15) is 0 Å². The van der Waals surface area contributed by atoms with Crippen LogP contribution in [0.3, 0.4) is 0 Å². The van der Waals surface area contributed by atoms with Gasteiger partial charge in [-0.15, -0.1) is 0 Å². The third kappa shape index (κ3) is 15.9. The van der Waals surface area contributed by atoms with Gasteiger partial charge in [-0.25, -0.2) is 0 Å². The maximum absolute atomic E-state index is 5.53. The van der Waals surface area contributed by atoms with Crippen molar-refractivity contribution in [2.75, 3.05) is 26.4 Å². The summed E-state index contributed by atoms with van der Waals surface area (Å²) in [6, 6.07) is 0. The molecule has 0 bridgehead atoms. The predicted octanol–water partition coefficient (Wildman–Crippen LogP) is 4.96. The number of ether oxygens (including phenoxy) is 2. The Labute approximate surface area is 114 Å². The van der Waals surface area contributed by atoms with E-state index >= 15 is 0 Å². The van der Waals surface area contributed by atoms with Crippen LogP contribution in [0.5, 0.6) is 0 Å². The fraction of sp³-hybridized carbons (Fsp3) is 1.00. The molecule has 0 spiro atoms. The highest BCUT2D eigenvalue weighted by molar-refractivity contribution is 4.43. The number of hydrogen-bond donors (Lipinski definition) is 0. The standard InChI is InChI=1S/C16H34O2/c1-3-5-7-9-11-13-17-15-16-18-14-12-10-8-6-4-2/h3-16H2,1-2H3. The second-order valence-corrected chi connectivity index (χ2v) is 5.05. The summed E-state index contributed by atoms with van der Waals surface area (Å²) in [7, 11) is 0. The van der Waals surface area contributed by atoms with Crippen molar-refractivity contribution < 1.29 is 9.47 Å². The van der Waals surface area contributed by atoms with Crippen molar-refractivity contribution in [2.24, 2.45) is 0 Å². The summed E-state index contributed by atoms with van der Waals surface area (Å²) in [6.45, 7) is 7.84. The molecule has 0 heterocycles. The van der Waals surface area contributed by atoms with Crippen molar-refractivity contribution in [1.82, 2.24) is 0 Å². The Morgan fingerprint density at radius 1 is 0.444 bits per heavy atom. The maximum atomic E-state index is 5.53. The Bertz CT molecular complexity index is 121. The molecule has 0 aliphatic heterocycles. The maximum Gasteiger partial charge on any atom is 0.0700 e. The van der Waals surface area contributed by atoms with Crippen LogP contribution in [-0.2, 0) is 9.47 Å². The van der Waals surface area contributed by atoms with E-state index in [0.29, 0.717) is 0 Å². The zero-order valence-electron chi connectivity index (χ0n) is 12.7. The summed E-state index contributed by atoms with van der Waals surface area (Å²) < 4.78 is 11.1. The van der Waals surface area contributed by atoms with Crippen LogP contribution in [-0.4, -0.2) is 26.4 Å². The Hall–Kier alpha value is -0.0800. The third-order valence-electron chi connectivity index (χ3n) is 3.16. The van der Waals surface area contributed by atoms with Gasteiger partial charge in [0.15, 0.2) is 0 Å². The Morgan fingerprint density at radius 2 is 0.833 bits per heavy atom. The van der Waals surface area contributed by atoms with Crippen molar-refractivity contribution in [3.63, 3.8) is 0 Å². The van der Waals surface area contributed by atoms with E-state index in [1.807, 2.05) is 0 Å². The lowest BCUT2D eigenvalue weighted by Gasteiger charge is -2.05. The van der Waals surface area contributed by atoms with Crippen LogP contribution in [0.15, 0.2) is 0 Å². The molecule has 0 amide bonds. The van der Waals surface area contributed by atoms with Crippen LogP contribution in [0.2, 0.25) is 0 Å². The van der Waals surface area contributed by atoms with Gasteiger partial charge in [-0.05, 0) is 12.8 Å². The van der Waals surface area contributed by atoms with Gasteiger partial charge < -0.3 is 9.47 Å². The lowest BCUT2D eigenvalue weighted by molar-refractivity contribution is 0.0448. The molecule has 110 valence electrons. The van der Waals surface area contributed by atoms with Crippen molar-refractivity contribution in [2.45, 2.75) is 78.1 Å². The van der Waals surface area contributed by atoms with Crippen LogP contribution in [0.25, 0.3) is 0 Å². The van der Waals surface area contributed by atoms with Gasteiger partial charge in [0.2, 0.25) is 0 Å². The molecule has 0 radical (unpaired) electrons. The number of hydrogen-bond acceptors (Lipinski definition) is 2. The van der Waals surface area contributed by atoms with Gasteiger partial charge in [-0.1, -0.05) is 65.2 Å². The Balaban J connectivity index is 2.86. The first-order valence-corrected chi connectivity index (χ1v) is 8.07. The van der Waals surface area contributed by atoms with Crippen molar-refractivity contribution >= 4 is 0 Å². The molecule has 0 aliphatic rings. The van der Waals surface area contributed by atoms with E-state index in [-0.39, 0.29) is 0 Å². The monoisotopic (exact) mass is 258 g/mol. The molecule has 0 aromatic heterocycles. The van der Waals surface area contributed by atoms with Crippen molar-refractivity contribution in [3.05, 3.63) is 0 Å². The minimum atomic E-state index is 0.767. The first-order valence-electron chi connectivity index (χ1n) is 8.07. The Morgan fingerprint density at radius 3 is 1.22 bits per heavy atom. The van der Waals surface area contributed by atoms with E-state index in [4.69, 9.17) is 9.47 Å². The van der Waals surface area contributed by atoms with Crippen molar-refractivity contribution in [3.8, 4) is 0 Å². The molecule has 0 aromatic rings. The molecule has 0 atom stereocenters. The SMILES string of the molecule is CCCCCCCOCCOCCCCCCC. The molecule has 0 fully saturated rings. The number of rotatable bonds is 15. The van der Waals surface area contributed by atoms with E-state index in [2.05, 4.69) is 13.8 Å².